The number of ether oxygens (including phenoxy) is 1. The minimum atomic E-state index is -0.463. The highest BCUT2D eigenvalue weighted by atomic mass is 16.6. The van der Waals surface area contributed by atoms with Crippen molar-refractivity contribution in [3.8, 4) is 0 Å². The molecule has 2 N–H and O–H groups in total. The van der Waals surface area contributed by atoms with Crippen LogP contribution in [0.1, 0.15) is 23.1 Å². The Hall–Kier alpha value is -3.42. The lowest BCUT2D eigenvalue weighted by atomic mass is 10.0. The van der Waals surface area contributed by atoms with Crippen molar-refractivity contribution in [2.75, 3.05) is 25.0 Å². The smallest absolute Gasteiger partial charge is 0.310 e. The van der Waals surface area contributed by atoms with Gasteiger partial charge in [0.05, 0.1) is 11.3 Å². The van der Waals surface area contributed by atoms with E-state index in [1.807, 2.05) is 12.1 Å². The predicted octanol–water partition coefficient (Wildman–Crippen LogP) is 2.40. The largest absolute Gasteiger partial charge is 0.455 e. The molecular weight excluding hydrogens is 374 g/mol. The summed E-state index contributed by atoms with van der Waals surface area (Å²) in [5.74, 6) is -0.806. The van der Waals surface area contributed by atoms with E-state index in [2.05, 4.69) is 16.7 Å². The van der Waals surface area contributed by atoms with Gasteiger partial charge in [-0.3, -0.25) is 19.7 Å². The van der Waals surface area contributed by atoms with Crippen LogP contribution in [-0.4, -0.2) is 36.5 Å². The zero-order valence-corrected chi connectivity index (χ0v) is 16.0. The summed E-state index contributed by atoms with van der Waals surface area (Å²) in [5, 5.41) is 16.3. The number of non-ortho nitro benzene ring substituents is 1. The number of anilines is 1. The third-order valence-electron chi connectivity index (χ3n) is 4.73. The number of carbonyl (C=O) groups excluding carboxylic acids is 2. The van der Waals surface area contributed by atoms with Crippen molar-refractivity contribution in [2.45, 2.75) is 25.7 Å². The molecule has 2 aromatic carbocycles. The lowest BCUT2D eigenvalue weighted by Gasteiger charge is -2.09. The first-order chi connectivity index (χ1) is 14.0. The lowest BCUT2D eigenvalue weighted by molar-refractivity contribution is -0.384. The zero-order chi connectivity index (χ0) is 20.6. The molecule has 0 unspecified atom stereocenters. The second-order valence-electron chi connectivity index (χ2n) is 6.87. The molecule has 0 aromatic heterocycles. The number of esters is 1. The topological polar surface area (TPSA) is 111 Å². The summed E-state index contributed by atoms with van der Waals surface area (Å²) in [6.45, 7) is 0.451. The molecule has 29 heavy (non-hydrogen) atoms. The average Bonchev–Trinajstić information content (AvgIpc) is 3.18. The maximum absolute atomic E-state index is 11.9. The van der Waals surface area contributed by atoms with Crippen LogP contribution < -0.4 is 10.6 Å². The highest BCUT2D eigenvalue weighted by molar-refractivity contribution is 5.81. The molecule has 1 aliphatic rings. The maximum Gasteiger partial charge on any atom is 0.310 e. The van der Waals surface area contributed by atoms with Crippen LogP contribution in [0.5, 0.6) is 0 Å². The fourth-order valence-electron chi connectivity index (χ4n) is 3.26. The number of carbonyl (C=O) groups is 2. The van der Waals surface area contributed by atoms with E-state index in [1.165, 1.54) is 23.3 Å². The van der Waals surface area contributed by atoms with Gasteiger partial charge < -0.3 is 15.4 Å². The van der Waals surface area contributed by atoms with Crippen molar-refractivity contribution in [1.29, 1.82) is 0 Å². The monoisotopic (exact) mass is 397 g/mol. The first-order valence-electron chi connectivity index (χ1n) is 9.52. The van der Waals surface area contributed by atoms with Crippen molar-refractivity contribution in [3.05, 3.63) is 69.3 Å². The summed E-state index contributed by atoms with van der Waals surface area (Å²) >= 11 is 0. The third kappa shape index (κ3) is 6.03. The number of nitrogens with one attached hydrogen (secondary N) is 2. The average molecular weight is 397 g/mol. The van der Waals surface area contributed by atoms with Crippen molar-refractivity contribution in [2.24, 2.45) is 0 Å². The van der Waals surface area contributed by atoms with Gasteiger partial charge in [-0.15, -0.1) is 0 Å². The number of amides is 1. The fourth-order valence-corrected chi connectivity index (χ4v) is 3.26. The van der Waals surface area contributed by atoms with Gasteiger partial charge in [-0.2, -0.15) is 0 Å². The molecule has 3 rings (SSSR count). The Morgan fingerprint density at radius 2 is 1.79 bits per heavy atom. The Labute approximate surface area is 168 Å². The number of rotatable bonds is 9. The van der Waals surface area contributed by atoms with Crippen LogP contribution in [0.2, 0.25) is 0 Å². The molecule has 0 radical (unpaired) electrons. The Morgan fingerprint density at radius 3 is 2.55 bits per heavy atom. The molecule has 0 spiro atoms. The second-order valence-corrected chi connectivity index (χ2v) is 6.87. The van der Waals surface area contributed by atoms with E-state index in [0.29, 0.717) is 18.8 Å². The molecule has 0 bridgehead atoms. The molecule has 0 atom stereocenters. The van der Waals surface area contributed by atoms with Gasteiger partial charge in [0.15, 0.2) is 6.61 Å². The summed E-state index contributed by atoms with van der Waals surface area (Å²) in [6, 6.07) is 12.1. The van der Waals surface area contributed by atoms with Gasteiger partial charge in [-0.25, -0.2) is 0 Å². The van der Waals surface area contributed by atoms with Crippen LogP contribution in [0.25, 0.3) is 0 Å². The van der Waals surface area contributed by atoms with Crippen molar-refractivity contribution >= 4 is 23.3 Å². The number of nitrogens with zero attached hydrogens (tertiary/aromatic N) is 1. The molecular formula is C21H23N3O5. The minimum Gasteiger partial charge on any atom is -0.455 e. The van der Waals surface area contributed by atoms with E-state index in [-0.39, 0.29) is 24.6 Å². The summed E-state index contributed by atoms with van der Waals surface area (Å²) in [7, 11) is 0. The summed E-state index contributed by atoms with van der Waals surface area (Å²) in [4.78, 5) is 33.9. The Kier molecular flexibility index (Phi) is 6.78. The van der Waals surface area contributed by atoms with Crippen LogP contribution in [0.15, 0.2) is 42.5 Å². The summed E-state index contributed by atoms with van der Waals surface area (Å²) in [5.41, 5.74) is 4.29. The van der Waals surface area contributed by atoms with E-state index in [4.69, 9.17) is 4.74 Å². The van der Waals surface area contributed by atoms with E-state index in [0.717, 1.165) is 24.8 Å². The minimum absolute atomic E-state index is 0.0190. The van der Waals surface area contributed by atoms with Crippen LogP contribution in [-0.2, 0) is 33.6 Å². The molecule has 152 valence electrons. The van der Waals surface area contributed by atoms with E-state index >= 15 is 0 Å². The zero-order valence-electron chi connectivity index (χ0n) is 16.0. The lowest BCUT2D eigenvalue weighted by Crippen LogP contribution is -2.32. The normalized spacial score (nSPS) is 12.1. The number of hydrogen-bond donors (Lipinski definition) is 2. The number of aryl methyl sites for hydroxylation is 2. The van der Waals surface area contributed by atoms with Crippen molar-refractivity contribution < 1.29 is 19.2 Å². The number of hydrogen-bond acceptors (Lipinski definition) is 6. The van der Waals surface area contributed by atoms with Gasteiger partial charge >= 0.3 is 5.97 Å². The fraction of sp³-hybridized carbons (Fsp3) is 0.333. The summed E-state index contributed by atoms with van der Waals surface area (Å²) in [6.07, 6.45) is 3.46. The molecule has 0 aliphatic heterocycles. The third-order valence-corrected chi connectivity index (χ3v) is 4.73. The molecule has 2 aromatic rings. The Balaban J connectivity index is 1.31. The van der Waals surface area contributed by atoms with Crippen molar-refractivity contribution in [1.82, 2.24) is 5.32 Å². The first kappa shape index (κ1) is 20.3. The second kappa shape index (κ2) is 9.68. The van der Waals surface area contributed by atoms with Crippen LogP contribution in [0, 0.1) is 10.1 Å². The van der Waals surface area contributed by atoms with Gasteiger partial charge in [-0.1, -0.05) is 18.2 Å². The molecule has 1 amide bonds. The van der Waals surface area contributed by atoms with Crippen LogP contribution >= 0.6 is 0 Å². The highest BCUT2D eigenvalue weighted by Crippen LogP contribution is 2.23. The van der Waals surface area contributed by atoms with Gasteiger partial charge in [0, 0.05) is 30.9 Å². The number of benzene rings is 2. The molecule has 1 aliphatic carbocycles. The Bertz CT molecular complexity index is 896. The molecule has 0 heterocycles. The van der Waals surface area contributed by atoms with Crippen molar-refractivity contribution in [3.63, 3.8) is 0 Å². The summed E-state index contributed by atoms with van der Waals surface area (Å²) < 4.78 is 5.04. The van der Waals surface area contributed by atoms with Gasteiger partial charge in [0.2, 0.25) is 0 Å². The van der Waals surface area contributed by atoms with Crippen LogP contribution in [0.3, 0.4) is 0 Å². The van der Waals surface area contributed by atoms with E-state index in [9.17, 15) is 19.7 Å². The van der Waals surface area contributed by atoms with Gasteiger partial charge in [0.25, 0.3) is 11.6 Å². The quantitative estimate of drug-likeness (QED) is 0.291. The maximum atomic E-state index is 11.9. The van der Waals surface area contributed by atoms with E-state index in [1.54, 1.807) is 12.1 Å². The van der Waals surface area contributed by atoms with Gasteiger partial charge in [0.1, 0.15) is 0 Å². The number of nitro benzene ring substituents is 1. The molecule has 8 nitrogen and oxygen atoms in total. The van der Waals surface area contributed by atoms with Crippen LogP contribution in [0.4, 0.5) is 11.4 Å². The van der Waals surface area contributed by atoms with Gasteiger partial charge in [-0.05, 0) is 48.1 Å². The standard InChI is InChI=1S/C21H23N3O5/c25-20(23-11-10-22-18-6-8-19(9-7-18)24(27)28)14-29-21(26)13-15-4-5-16-2-1-3-17(16)12-15/h4-9,12,22H,1-3,10-11,13-14H2,(H,23,25). The Morgan fingerprint density at radius 1 is 1.03 bits per heavy atom. The highest BCUT2D eigenvalue weighted by Gasteiger charge is 2.13. The molecule has 0 fully saturated rings. The number of fused-ring (bicyclic) bond motifs is 1. The molecule has 0 saturated carbocycles. The molecule has 0 saturated heterocycles. The SMILES string of the molecule is O=C(COC(=O)Cc1ccc2c(c1)CCC2)NCCNc1ccc([N+](=O)[O-])cc1. The molecule has 8 heteroatoms. The van der Waals surface area contributed by atoms with E-state index < -0.39 is 10.9 Å². The first-order valence-corrected chi connectivity index (χ1v) is 9.52. The predicted molar refractivity (Wildman–Crippen MR) is 108 cm³/mol. The number of nitro groups is 1.